The number of nitrogens with zero attached hydrogens (tertiary/aromatic N) is 2. The van der Waals surface area contributed by atoms with Crippen molar-refractivity contribution in [3.05, 3.63) is 16.9 Å². The molecule has 1 aromatic rings. The number of aliphatic hydroxyl groups is 1. The molecule has 3 nitrogen and oxygen atoms in total. The zero-order valence-corrected chi connectivity index (χ0v) is 12.8. The van der Waals surface area contributed by atoms with Gasteiger partial charge in [-0.3, -0.25) is 4.68 Å². The van der Waals surface area contributed by atoms with E-state index in [4.69, 9.17) is 11.6 Å². The van der Waals surface area contributed by atoms with Crippen LogP contribution in [0.3, 0.4) is 0 Å². The smallest absolute Gasteiger partial charge is 0.103 e. The first-order valence-electron chi connectivity index (χ1n) is 8.00. The van der Waals surface area contributed by atoms with Gasteiger partial charge < -0.3 is 5.11 Å². The van der Waals surface area contributed by atoms with Crippen molar-refractivity contribution in [2.45, 2.75) is 58.1 Å². The van der Waals surface area contributed by atoms with Gasteiger partial charge in [0.05, 0.1) is 16.9 Å². The van der Waals surface area contributed by atoms with Crippen LogP contribution in [0.5, 0.6) is 0 Å². The first-order chi connectivity index (χ1) is 9.61. The van der Waals surface area contributed by atoms with Crippen LogP contribution in [0.25, 0.3) is 0 Å². The third kappa shape index (κ3) is 1.79. The van der Waals surface area contributed by atoms with Gasteiger partial charge in [-0.15, -0.1) is 0 Å². The van der Waals surface area contributed by atoms with Gasteiger partial charge in [0.2, 0.25) is 0 Å². The van der Waals surface area contributed by atoms with Crippen LogP contribution in [0.1, 0.15) is 57.2 Å². The fourth-order valence-electron chi connectivity index (χ4n) is 5.70. The number of aliphatic hydroxyl groups excluding tert-OH is 1. The second kappa shape index (κ2) is 4.48. The summed E-state index contributed by atoms with van der Waals surface area (Å²) in [6.07, 6.45) is 8.99. The number of rotatable bonds is 3. The monoisotopic (exact) mass is 294 g/mol. The van der Waals surface area contributed by atoms with Crippen molar-refractivity contribution in [1.29, 1.82) is 0 Å². The molecule has 1 atom stereocenters. The maximum absolute atomic E-state index is 11.1. The zero-order chi connectivity index (χ0) is 13.9. The summed E-state index contributed by atoms with van der Waals surface area (Å²) in [5.74, 6) is 2.52. The minimum absolute atomic E-state index is 0.0747. The van der Waals surface area contributed by atoms with Gasteiger partial charge in [-0.1, -0.05) is 11.6 Å². The molecule has 0 aromatic carbocycles. The first kappa shape index (κ1) is 13.1. The van der Waals surface area contributed by atoms with E-state index in [1.165, 1.54) is 38.5 Å². The maximum Gasteiger partial charge on any atom is 0.103 e. The minimum atomic E-state index is -0.439. The van der Waals surface area contributed by atoms with Crippen molar-refractivity contribution in [3.63, 3.8) is 0 Å². The number of hydrogen-bond acceptors (Lipinski definition) is 2. The molecule has 0 saturated heterocycles. The second-order valence-electron chi connectivity index (χ2n) is 7.38. The van der Waals surface area contributed by atoms with Crippen molar-refractivity contribution in [3.8, 4) is 0 Å². The van der Waals surface area contributed by atoms with Gasteiger partial charge in [-0.2, -0.15) is 5.10 Å². The Morgan fingerprint density at radius 2 is 1.85 bits per heavy atom. The largest absolute Gasteiger partial charge is 0.386 e. The van der Waals surface area contributed by atoms with E-state index in [1.54, 1.807) is 6.20 Å². The van der Waals surface area contributed by atoms with E-state index in [0.29, 0.717) is 5.02 Å². The molecule has 4 bridgehead atoms. The van der Waals surface area contributed by atoms with Crippen molar-refractivity contribution >= 4 is 11.6 Å². The predicted octanol–water partition coefficient (Wildman–Crippen LogP) is 3.81. The van der Waals surface area contributed by atoms with Crippen molar-refractivity contribution < 1.29 is 5.11 Å². The van der Waals surface area contributed by atoms with Gasteiger partial charge in [0.25, 0.3) is 0 Å². The summed E-state index contributed by atoms with van der Waals surface area (Å²) in [6, 6.07) is 0. The van der Waals surface area contributed by atoms with Gasteiger partial charge >= 0.3 is 0 Å². The molecular weight excluding hydrogens is 272 g/mol. The normalized spacial score (nSPS) is 40.2. The molecule has 0 radical (unpaired) electrons. The van der Waals surface area contributed by atoms with Crippen LogP contribution in [0.4, 0.5) is 0 Å². The Morgan fingerprint density at radius 1 is 1.30 bits per heavy atom. The van der Waals surface area contributed by atoms with E-state index >= 15 is 0 Å². The van der Waals surface area contributed by atoms with E-state index in [9.17, 15) is 5.11 Å². The fourth-order valence-corrected chi connectivity index (χ4v) is 5.94. The Bertz CT molecular complexity index is 489. The summed E-state index contributed by atoms with van der Waals surface area (Å²) in [6.45, 7) is 2.82. The summed E-state index contributed by atoms with van der Waals surface area (Å²) in [5.41, 5.74) is 0.932. The van der Waals surface area contributed by atoms with E-state index in [2.05, 4.69) is 12.0 Å². The lowest BCUT2D eigenvalue weighted by Crippen LogP contribution is -2.49. The highest BCUT2D eigenvalue weighted by Crippen LogP contribution is 2.64. The van der Waals surface area contributed by atoms with Crippen LogP contribution in [0, 0.1) is 23.2 Å². The van der Waals surface area contributed by atoms with Crippen LogP contribution in [-0.4, -0.2) is 14.9 Å². The standard InChI is InChI=1S/C16H23ClN2O/c1-2-19-14(13(17)9-18-19)15(20)16-6-10-3-11(7-16)5-12(4-10)8-16/h9-12,15,20H,2-8H2,1H3. The van der Waals surface area contributed by atoms with E-state index in [-0.39, 0.29) is 5.41 Å². The SMILES string of the molecule is CCn1ncc(Cl)c1C(O)C12CC3CC(CC(C3)C1)C2. The highest BCUT2D eigenvalue weighted by Gasteiger charge is 2.55. The number of hydrogen-bond donors (Lipinski definition) is 1. The lowest BCUT2D eigenvalue weighted by atomic mass is 9.48. The third-order valence-corrected chi connectivity index (χ3v) is 6.35. The molecule has 0 spiro atoms. The average molecular weight is 295 g/mol. The molecule has 110 valence electrons. The highest BCUT2D eigenvalue weighted by molar-refractivity contribution is 6.31. The molecule has 1 aromatic heterocycles. The quantitative estimate of drug-likeness (QED) is 0.920. The van der Waals surface area contributed by atoms with Gasteiger partial charge in [-0.25, -0.2) is 0 Å². The topological polar surface area (TPSA) is 38.0 Å². The van der Waals surface area contributed by atoms with Gasteiger partial charge in [0.1, 0.15) is 6.10 Å². The molecule has 4 aliphatic carbocycles. The molecule has 1 heterocycles. The van der Waals surface area contributed by atoms with E-state index in [1.807, 2.05) is 4.68 Å². The summed E-state index contributed by atoms with van der Waals surface area (Å²) < 4.78 is 1.88. The molecule has 4 fully saturated rings. The average Bonchev–Trinajstić information content (AvgIpc) is 2.77. The second-order valence-corrected chi connectivity index (χ2v) is 7.78. The Morgan fingerprint density at radius 3 is 2.35 bits per heavy atom. The zero-order valence-electron chi connectivity index (χ0n) is 12.1. The van der Waals surface area contributed by atoms with Crippen LogP contribution in [0.15, 0.2) is 6.20 Å². The maximum atomic E-state index is 11.1. The van der Waals surface area contributed by atoms with Crippen molar-refractivity contribution in [1.82, 2.24) is 9.78 Å². The molecule has 4 saturated carbocycles. The van der Waals surface area contributed by atoms with Crippen LogP contribution in [-0.2, 0) is 6.54 Å². The molecular formula is C16H23ClN2O. The number of aryl methyl sites for hydroxylation is 1. The Kier molecular flexibility index (Phi) is 2.94. The Balaban J connectivity index is 1.71. The summed E-state index contributed by atoms with van der Waals surface area (Å²) in [4.78, 5) is 0. The molecule has 4 heteroatoms. The van der Waals surface area contributed by atoms with Crippen LogP contribution in [0.2, 0.25) is 5.02 Å². The predicted molar refractivity (Wildman–Crippen MR) is 78.5 cm³/mol. The van der Waals surface area contributed by atoms with E-state index < -0.39 is 6.10 Å². The molecule has 5 rings (SSSR count). The molecule has 0 amide bonds. The Labute approximate surface area is 125 Å². The molecule has 20 heavy (non-hydrogen) atoms. The molecule has 1 unspecified atom stereocenters. The minimum Gasteiger partial charge on any atom is -0.386 e. The van der Waals surface area contributed by atoms with Gasteiger partial charge in [-0.05, 0) is 63.2 Å². The summed E-state index contributed by atoms with van der Waals surface area (Å²) in [5, 5.41) is 16.1. The molecule has 1 N–H and O–H groups in total. The van der Waals surface area contributed by atoms with E-state index in [0.717, 1.165) is 30.0 Å². The molecule has 4 aliphatic rings. The van der Waals surface area contributed by atoms with Crippen LogP contribution >= 0.6 is 11.6 Å². The number of aromatic nitrogens is 2. The fraction of sp³-hybridized carbons (Fsp3) is 0.812. The summed E-state index contributed by atoms with van der Waals surface area (Å²) >= 11 is 6.32. The lowest BCUT2D eigenvalue weighted by Gasteiger charge is -2.58. The Hall–Kier alpha value is -0.540. The third-order valence-electron chi connectivity index (χ3n) is 6.06. The van der Waals surface area contributed by atoms with Crippen molar-refractivity contribution in [2.75, 3.05) is 0 Å². The lowest BCUT2D eigenvalue weighted by molar-refractivity contribution is -0.124. The first-order valence-corrected chi connectivity index (χ1v) is 8.38. The number of halogens is 1. The van der Waals surface area contributed by atoms with Gasteiger partial charge in [0, 0.05) is 12.0 Å². The highest BCUT2D eigenvalue weighted by atomic mass is 35.5. The van der Waals surface area contributed by atoms with Crippen molar-refractivity contribution in [2.24, 2.45) is 23.2 Å². The molecule has 0 aliphatic heterocycles. The van der Waals surface area contributed by atoms with Gasteiger partial charge in [0.15, 0.2) is 0 Å². The van der Waals surface area contributed by atoms with Crippen LogP contribution < -0.4 is 0 Å². The summed E-state index contributed by atoms with van der Waals surface area (Å²) in [7, 11) is 0.